The van der Waals surface area contributed by atoms with Gasteiger partial charge in [-0.2, -0.15) is 13.2 Å². The van der Waals surface area contributed by atoms with Gasteiger partial charge in [-0.25, -0.2) is 9.97 Å². The Balaban J connectivity index is 1.60. The number of anilines is 1. The first-order valence-electron chi connectivity index (χ1n) is 8.83. The van der Waals surface area contributed by atoms with Crippen LogP contribution in [0.25, 0.3) is 0 Å². The smallest absolute Gasteiger partial charge is 0.341 e. The van der Waals surface area contributed by atoms with E-state index in [2.05, 4.69) is 9.97 Å². The van der Waals surface area contributed by atoms with E-state index in [1.54, 1.807) is 0 Å². The van der Waals surface area contributed by atoms with Crippen molar-refractivity contribution in [3.63, 3.8) is 0 Å². The number of halogens is 3. The standard InChI is InChI=1S/C17H25F3N4/c18-17(19,20)14-9-22-16(23-10-14)24-7-3-4-12(11-24)8-13-5-1-2-6-15(13)21/h9-10,12-13,15H,1-8,11,21H2/t12-,13+,15-/m1/s1. The number of hydrogen-bond acceptors (Lipinski definition) is 4. The van der Waals surface area contributed by atoms with Gasteiger partial charge in [0.05, 0.1) is 5.56 Å². The monoisotopic (exact) mass is 342 g/mol. The Morgan fingerprint density at radius 1 is 1.08 bits per heavy atom. The first-order chi connectivity index (χ1) is 11.4. The van der Waals surface area contributed by atoms with Gasteiger partial charge in [-0.3, -0.25) is 0 Å². The average molecular weight is 342 g/mol. The molecule has 0 spiro atoms. The van der Waals surface area contributed by atoms with Crippen molar-refractivity contribution in [3.05, 3.63) is 18.0 Å². The molecule has 1 saturated heterocycles. The van der Waals surface area contributed by atoms with Gasteiger partial charge >= 0.3 is 6.18 Å². The zero-order valence-electron chi connectivity index (χ0n) is 13.8. The Labute approximate surface area is 140 Å². The third-order valence-corrected chi connectivity index (χ3v) is 5.37. The molecule has 4 nitrogen and oxygen atoms in total. The summed E-state index contributed by atoms with van der Waals surface area (Å²) in [4.78, 5) is 9.89. The lowest BCUT2D eigenvalue weighted by Crippen LogP contribution is -2.40. The summed E-state index contributed by atoms with van der Waals surface area (Å²) in [6.07, 6.45) is 5.46. The molecule has 3 rings (SSSR count). The summed E-state index contributed by atoms with van der Waals surface area (Å²) in [5, 5.41) is 0. The number of nitrogens with zero attached hydrogens (tertiary/aromatic N) is 3. The Bertz CT molecular complexity index is 532. The fourth-order valence-electron chi connectivity index (χ4n) is 4.03. The molecule has 7 heteroatoms. The number of nitrogens with two attached hydrogens (primary N) is 1. The zero-order valence-corrected chi connectivity index (χ0v) is 13.8. The minimum Gasteiger partial charge on any atom is -0.341 e. The van der Waals surface area contributed by atoms with Crippen molar-refractivity contribution in [1.29, 1.82) is 0 Å². The van der Waals surface area contributed by atoms with Crippen LogP contribution in [-0.2, 0) is 6.18 Å². The fraction of sp³-hybridized carbons (Fsp3) is 0.765. The maximum absolute atomic E-state index is 12.6. The normalized spacial score (nSPS) is 28.8. The van der Waals surface area contributed by atoms with Crippen molar-refractivity contribution in [2.24, 2.45) is 17.6 Å². The van der Waals surface area contributed by atoms with Gasteiger partial charge in [0.25, 0.3) is 0 Å². The number of alkyl halides is 3. The zero-order chi connectivity index (χ0) is 17.2. The van der Waals surface area contributed by atoms with E-state index >= 15 is 0 Å². The molecule has 24 heavy (non-hydrogen) atoms. The molecule has 0 amide bonds. The summed E-state index contributed by atoms with van der Waals surface area (Å²) in [5.41, 5.74) is 5.46. The first-order valence-corrected chi connectivity index (χ1v) is 8.83. The van der Waals surface area contributed by atoms with Gasteiger partial charge in [0, 0.05) is 31.5 Å². The molecule has 1 aromatic rings. The van der Waals surface area contributed by atoms with E-state index in [0.717, 1.165) is 51.2 Å². The lowest BCUT2D eigenvalue weighted by Gasteiger charge is -2.37. The molecule has 0 bridgehead atoms. The molecule has 0 radical (unpaired) electrons. The first kappa shape index (κ1) is 17.5. The Kier molecular flexibility index (Phi) is 5.27. The van der Waals surface area contributed by atoms with E-state index in [0.29, 0.717) is 23.8 Å². The molecule has 1 aromatic heterocycles. The summed E-state index contributed by atoms with van der Waals surface area (Å²) in [5.74, 6) is 1.51. The summed E-state index contributed by atoms with van der Waals surface area (Å²) in [6.45, 7) is 1.62. The van der Waals surface area contributed by atoms with E-state index in [1.807, 2.05) is 4.90 Å². The molecular formula is C17H25F3N4. The van der Waals surface area contributed by atoms with Crippen molar-refractivity contribution < 1.29 is 13.2 Å². The predicted octanol–water partition coefficient (Wildman–Crippen LogP) is 3.62. The molecule has 3 atom stereocenters. The van der Waals surface area contributed by atoms with E-state index in [1.165, 1.54) is 19.3 Å². The van der Waals surface area contributed by atoms with Gasteiger partial charge in [-0.05, 0) is 43.9 Å². The summed E-state index contributed by atoms with van der Waals surface area (Å²) in [6, 6.07) is 0.302. The highest BCUT2D eigenvalue weighted by Gasteiger charge is 2.32. The fourth-order valence-corrected chi connectivity index (χ4v) is 4.03. The largest absolute Gasteiger partial charge is 0.419 e. The van der Waals surface area contributed by atoms with Crippen LogP contribution in [0.15, 0.2) is 12.4 Å². The molecule has 1 aliphatic carbocycles. The third kappa shape index (κ3) is 4.18. The van der Waals surface area contributed by atoms with Crippen LogP contribution in [0.3, 0.4) is 0 Å². The van der Waals surface area contributed by atoms with E-state index in [-0.39, 0.29) is 0 Å². The Morgan fingerprint density at radius 2 is 1.79 bits per heavy atom. The summed E-state index contributed by atoms with van der Waals surface area (Å²) in [7, 11) is 0. The second-order valence-corrected chi connectivity index (χ2v) is 7.17. The highest BCUT2D eigenvalue weighted by molar-refractivity contribution is 5.31. The number of aromatic nitrogens is 2. The minimum atomic E-state index is -4.39. The minimum absolute atomic E-state index is 0.302. The van der Waals surface area contributed by atoms with Gasteiger partial charge in [0.15, 0.2) is 0 Å². The third-order valence-electron chi connectivity index (χ3n) is 5.37. The summed E-state index contributed by atoms with van der Waals surface area (Å²) < 4.78 is 37.8. The molecule has 1 saturated carbocycles. The van der Waals surface area contributed by atoms with Crippen molar-refractivity contribution in [2.75, 3.05) is 18.0 Å². The van der Waals surface area contributed by atoms with Gasteiger partial charge in [-0.15, -0.1) is 0 Å². The van der Waals surface area contributed by atoms with Crippen molar-refractivity contribution in [2.45, 2.75) is 57.2 Å². The van der Waals surface area contributed by atoms with E-state index in [4.69, 9.17) is 5.73 Å². The van der Waals surface area contributed by atoms with Crippen LogP contribution >= 0.6 is 0 Å². The van der Waals surface area contributed by atoms with Gasteiger partial charge in [0.2, 0.25) is 5.95 Å². The number of piperidine rings is 1. The predicted molar refractivity (Wildman–Crippen MR) is 86.5 cm³/mol. The molecule has 0 unspecified atom stereocenters. The number of hydrogen-bond donors (Lipinski definition) is 1. The Hall–Kier alpha value is -1.37. The van der Waals surface area contributed by atoms with E-state index < -0.39 is 11.7 Å². The molecular weight excluding hydrogens is 317 g/mol. The van der Waals surface area contributed by atoms with Crippen LogP contribution in [0.4, 0.5) is 19.1 Å². The average Bonchev–Trinajstić information content (AvgIpc) is 2.57. The Morgan fingerprint density at radius 3 is 2.46 bits per heavy atom. The van der Waals surface area contributed by atoms with Crippen molar-refractivity contribution in [1.82, 2.24) is 9.97 Å². The van der Waals surface area contributed by atoms with Gasteiger partial charge < -0.3 is 10.6 Å². The maximum atomic E-state index is 12.6. The van der Waals surface area contributed by atoms with Crippen LogP contribution in [0, 0.1) is 11.8 Å². The van der Waals surface area contributed by atoms with Crippen LogP contribution in [0.5, 0.6) is 0 Å². The number of rotatable bonds is 3. The maximum Gasteiger partial charge on any atom is 0.419 e. The second-order valence-electron chi connectivity index (χ2n) is 7.17. The van der Waals surface area contributed by atoms with Crippen LogP contribution in [0.2, 0.25) is 0 Å². The molecule has 2 aliphatic rings. The topological polar surface area (TPSA) is 55.0 Å². The highest BCUT2D eigenvalue weighted by atomic mass is 19.4. The molecule has 2 heterocycles. The SMILES string of the molecule is N[C@@H]1CCCC[C@H]1C[C@H]1CCCN(c2ncc(C(F)(F)F)cn2)C1. The molecule has 1 aliphatic heterocycles. The van der Waals surface area contributed by atoms with Crippen LogP contribution in [-0.4, -0.2) is 29.1 Å². The van der Waals surface area contributed by atoms with E-state index in [9.17, 15) is 13.2 Å². The molecule has 0 aromatic carbocycles. The van der Waals surface area contributed by atoms with Crippen LogP contribution < -0.4 is 10.6 Å². The lowest BCUT2D eigenvalue weighted by atomic mass is 9.78. The molecule has 2 N–H and O–H groups in total. The molecule has 2 fully saturated rings. The lowest BCUT2D eigenvalue weighted by molar-refractivity contribution is -0.138. The quantitative estimate of drug-likeness (QED) is 0.911. The van der Waals surface area contributed by atoms with Gasteiger partial charge in [-0.1, -0.05) is 12.8 Å². The highest BCUT2D eigenvalue weighted by Crippen LogP contribution is 2.33. The second kappa shape index (κ2) is 7.25. The van der Waals surface area contributed by atoms with Crippen LogP contribution in [0.1, 0.15) is 50.5 Å². The molecule has 134 valence electrons. The summed E-state index contributed by atoms with van der Waals surface area (Å²) >= 11 is 0. The van der Waals surface area contributed by atoms with Crippen molar-refractivity contribution >= 4 is 5.95 Å². The van der Waals surface area contributed by atoms with Crippen molar-refractivity contribution in [3.8, 4) is 0 Å². The van der Waals surface area contributed by atoms with Gasteiger partial charge in [0.1, 0.15) is 0 Å².